The Labute approximate surface area is 323 Å². The van der Waals surface area contributed by atoms with Crippen molar-refractivity contribution >= 4 is 56.2 Å². The molecule has 0 bridgehead atoms. The van der Waals surface area contributed by atoms with Crippen LogP contribution < -0.4 is 16.0 Å². The van der Waals surface area contributed by atoms with Gasteiger partial charge in [-0.25, -0.2) is 14.4 Å². The molecule has 1 radical (unpaired) electrons. The number of aromatic nitrogens is 1. The zero-order valence-corrected chi connectivity index (χ0v) is 32.4. The number of unbranched alkanes of at least 4 members (excludes halogenated alkanes) is 8. The Hall–Kier alpha value is -4.60. The Kier molecular flexibility index (Phi) is 40.2. The molecule has 0 aliphatic heterocycles. The maximum atomic E-state index is 12.1. The average molecular weight is 925 g/mol. The van der Waals surface area contributed by atoms with Gasteiger partial charge in [0, 0.05) is 52.6 Å². The van der Waals surface area contributed by atoms with Gasteiger partial charge in [-0.1, -0.05) is 44.6 Å². The molecule has 0 saturated carbocycles. The molecular weight excluding hydrogens is 873 g/mol. The summed E-state index contributed by atoms with van der Waals surface area (Å²) in [6.45, 7) is 11.3. The molecule has 0 fully saturated rings. The van der Waals surface area contributed by atoms with Crippen molar-refractivity contribution in [2.24, 2.45) is 0 Å². The summed E-state index contributed by atoms with van der Waals surface area (Å²) >= 11 is 0. The van der Waals surface area contributed by atoms with Crippen LogP contribution in [-0.2, 0) is 65.3 Å². The van der Waals surface area contributed by atoms with Crippen LogP contribution >= 0.6 is 0 Å². The molecule has 1 heterocycles. The molecule has 1 aromatic heterocycles. The van der Waals surface area contributed by atoms with E-state index in [1.165, 1.54) is 0 Å². The van der Waals surface area contributed by atoms with Crippen molar-refractivity contribution in [2.45, 2.75) is 109 Å². The Morgan fingerprint density at radius 3 is 1.68 bits per heavy atom. The van der Waals surface area contributed by atoms with Crippen LogP contribution in [0.25, 0.3) is 0 Å². The van der Waals surface area contributed by atoms with Crippen LogP contribution in [0.1, 0.15) is 95.6 Å². The number of aliphatic carboxylic acids is 4. The first kappa shape index (κ1) is 55.2. The first-order chi connectivity index (χ1) is 25.0. The number of carboxylic acid groups (broad SMARTS) is 4. The van der Waals surface area contributed by atoms with Gasteiger partial charge in [-0.3, -0.25) is 44.6 Å². The van der Waals surface area contributed by atoms with Crippen molar-refractivity contribution in [1.82, 2.24) is 25.8 Å². The third-order valence-corrected chi connectivity index (χ3v) is 7.19. The van der Waals surface area contributed by atoms with E-state index < -0.39 is 48.4 Å². The van der Waals surface area contributed by atoms with Gasteiger partial charge in [0.05, 0.1) is 12.2 Å². The summed E-state index contributed by atoms with van der Waals surface area (Å²) in [6.07, 6.45) is 10.2. The number of rotatable bonds is 27. The zero-order valence-electron chi connectivity index (χ0n) is 29.7. The quantitative estimate of drug-likeness (QED) is 0.0378. The number of urea groups is 1. The van der Waals surface area contributed by atoms with Crippen LogP contribution in [0.4, 0.5) is 4.79 Å². The Morgan fingerprint density at radius 1 is 0.660 bits per heavy atom. The van der Waals surface area contributed by atoms with Gasteiger partial charge < -0.3 is 50.8 Å². The number of carbonyl (C=O) groups excluding carboxylic acids is 5. The summed E-state index contributed by atoms with van der Waals surface area (Å²) in [4.78, 5) is 98.1. The maximum absolute atomic E-state index is 12.1. The van der Waals surface area contributed by atoms with E-state index in [4.69, 9.17) is 24.6 Å². The molecule has 0 saturated heterocycles. The summed E-state index contributed by atoms with van der Waals surface area (Å²) in [7, 11) is 0. The number of amides is 3. The smallest absolute Gasteiger partial charge is 0.326 e. The van der Waals surface area contributed by atoms with Crippen molar-refractivity contribution in [3.05, 3.63) is 30.1 Å². The monoisotopic (exact) mass is 925 g/mol. The fraction of sp³-hybridized carbons (Fsp3) is 0.588. The van der Waals surface area contributed by atoms with E-state index in [2.05, 4.69) is 41.3 Å². The zero-order chi connectivity index (χ0) is 40.2. The predicted molar refractivity (Wildman–Crippen MR) is 187 cm³/mol. The molecule has 7 N–H and O–H groups in total. The Morgan fingerprint density at radius 2 is 1.19 bits per heavy atom. The van der Waals surface area contributed by atoms with Crippen molar-refractivity contribution in [3.8, 4) is 0 Å². The first-order valence-electron chi connectivity index (χ1n) is 16.5. The van der Waals surface area contributed by atoms with E-state index >= 15 is 0 Å². The summed E-state index contributed by atoms with van der Waals surface area (Å²) in [5.74, 6) is -4.87. The third-order valence-electron chi connectivity index (χ3n) is 7.19. The molecular formula is C34H52N5O13Re-3. The van der Waals surface area contributed by atoms with Gasteiger partial charge in [0.1, 0.15) is 12.1 Å². The maximum Gasteiger partial charge on any atom is 0.326 e. The van der Waals surface area contributed by atoms with E-state index in [9.17, 15) is 39.0 Å². The molecule has 1 rings (SSSR count). The molecule has 3 amide bonds. The minimum atomic E-state index is -1.47. The number of hydrogen-bond acceptors (Lipinski definition) is 11. The molecule has 0 aromatic carbocycles. The number of nitrogens with one attached hydrogen (secondary N) is 3. The fourth-order valence-corrected chi connectivity index (χ4v) is 4.74. The second-order valence-corrected chi connectivity index (χ2v) is 11.2. The molecule has 53 heavy (non-hydrogen) atoms. The largest absolute Gasteiger partial charge is 0.545 e. The number of hydrogen-bond donors (Lipinski definition) is 7. The van der Waals surface area contributed by atoms with E-state index in [0.717, 1.165) is 57.1 Å². The van der Waals surface area contributed by atoms with E-state index in [-0.39, 0.29) is 45.7 Å². The normalized spacial score (nSPS) is 10.8. The average Bonchev–Trinajstić information content (AvgIpc) is 3.12. The van der Waals surface area contributed by atoms with Crippen LogP contribution in [0.3, 0.4) is 0 Å². The molecule has 301 valence electrons. The number of nitrogens with zero attached hydrogens (tertiary/aromatic N) is 2. The molecule has 0 aliphatic carbocycles. The van der Waals surface area contributed by atoms with Crippen LogP contribution in [0.2, 0.25) is 0 Å². The van der Waals surface area contributed by atoms with Gasteiger partial charge in [-0.05, 0) is 57.2 Å². The van der Waals surface area contributed by atoms with E-state index in [1.54, 1.807) is 6.20 Å². The Balaban J connectivity index is -0.00000162. The van der Waals surface area contributed by atoms with Crippen molar-refractivity contribution < 1.29 is 84.0 Å². The van der Waals surface area contributed by atoms with Gasteiger partial charge in [-0.15, -0.1) is 0 Å². The molecule has 0 aliphatic rings. The fourth-order valence-electron chi connectivity index (χ4n) is 4.74. The number of carboxylic acids is 4. The Bertz CT molecular complexity index is 1150. The summed E-state index contributed by atoms with van der Waals surface area (Å²) in [5.41, 5.74) is 0.853. The van der Waals surface area contributed by atoms with Crippen molar-refractivity contribution in [1.29, 1.82) is 0 Å². The summed E-state index contributed by atoms with van der Waals surface area (Å²) in [6, 6.07) is 1.86. The van der Waals surface area contributed by atoms with Crippen molar-refractivity contribution in [2.75, 3.05) is 19.6 Å². The first-order valence-corrected chi connectivity index (χ1v) is 16.5. The second kappa shape index (κ2) is 38.6. The van der Waals surface area contributed by atoms with Gasteiger partial charge in [0.25, 0.3) is 0 Å². The van der Waals surface area contributed by atoms with Crippen LogP contribution in [0.5, 0.6) is 0 Å². The third kappa shape index (κ3) is 34.3. The molecule has 0 spiro atoms. The van der Waals surface area contributed by atoms with Crippen LogP contribution in [-0.4, -0.2) is 118 Å². The minimum Gasteiger partial charge on any atom is -0.545 e. The van der Waals surface area contributed by atoms with Crippen LogP contribution in [0, 0.1) is 0 Å². The summed E-state index contributed by atoms with van der Waals surface area (Å²) < 4.78 is 0. The topological polar surface area (TPSA) is 287 Å². The van der Waals surface area contributed by atoms with Gasteiger partial charge in [0.15, 0.2) is 0 Å². The minimum absolute atomic E-state index is 0. The van der Waals surface area contributed by atoms with E-state index in [1.807, 2.05) is 23.1 Å². The molecule has 19 heteroatoms. The van der Waals surface area contributed by atoms with Gasteiger partial charge >= 0.3 is 29.9 Å². The van der Waals surface area contributed by atoms with Gasteiger partial charge in [0.2, 0.25) is 5.91 Å². The van der Waals surface area contributed by atoms with Gasteiger partial charge in [-0.2, -0.15) is 0 Å². The number of pyridine rings is 1. The number of carbonyl (C=O) groups is 6. The van der Waals surface area contributed by atoms with Crippen LogP contribution in [0.15, 0.2) is 24.4 Å². The molecule has 1 aromatic rings. The summed E-state index contributed by atoms with van der Waals surface area (Å²) in [5, 5.41) is 43.4. The molecule has 2 atom stereocenters. The predicted octanol–water partition coefficient (Wildman–Crippen LogP) is 2.01. The van der Waals surface area contributed by atoms with E-state index in [0.29, 0.717) is 38.9 Å². The van der Waals surface area contributed by atoms with Crippen molar-refractivity contribution in [3.63, 3.8) is 0 Å². The SMILES string of the molecule is O=C(O)CC[C@H](NC(=O)N[C@@H](CCCCNC(=O)CCCCCCCCCCN(CC(=O)O)Cc1ccccn1)C(=O)O)C(=O)O.[CH-]=O.[CH-]=O.[CH-]=O.[Re]. The standard InChI is InChI=1S/C31H49N5O10.3CHO.Re/c37-26(33-19-11-9-14-24(29(42)43)34-31(46)35-25(30(44)45)16-17-27(38)39)15-7-5-3-1-2-4-6-12-20-36(22-28(40)41)21-23-13-8-10-18-32-23;3*1-2;/h8,10,13,18,24-25H,1-7,9,11-12,14-17,19-22H2,(H,33,37)(H,38,39)(H,40,41)(H,42,43)(H,44,45)(H2,34,35,46);3*1H;/q;3*-1;/t24-,25-;;;;/m0..../s1. The molecule has 18 nitrogen and oxygen atoms in total. The molecule has 0 unspecified atom stereocenters. The second-order valence-electron chi connectivity index (χ2n) is 11.2.